The van der Waals surface area contributed by atoms with E-state index in [9.17, 15) is 9.59 Å². The van der Waals surface area contributed by atoms with Gasteiger partial charge in [-0.2, -0.15) is 4.98 Å². The van der Waals surface area contributed by atoms with E-state index in [-0.39, 0.29) is 23.5 Å². The van der Waals surface area contributed by atoms with Crippen LogP contribution in [0.1, 0.15) is 41.6 Å². The Bertz CT molecular complexity index is 980. The molecule has 2 aromatic rings. The summed E-state index contributed by atoms with van der Waals surface area (Å²) in [5, 5.41) is 3.69. The molecule has 1 aromatic carbocycles. The van der Waals surface area contributed by atoms with Gasteiger partial charge in [0.05, 0.1) is 18.4 Å². The van der Waals surface area contributed by atoms with Crippen molar-refractivity contribution in [1.82, 2.24) is 9.55 Å². The highest BCUT2D eigenvalue weighted by Crippen LogP contribution is 2.30. The van der Waals surface area contributed by atoms with Crippen LogP contribution in [0.3, 0.4) is 0 Å². The van der Waals surface area contributed by atoms with Crippen LogP contribution in [-0.4, -0.2) is 33.9 Å². The van der Waals surface area contributed by atoms with Gasteiger partial charge in [0.1, 0.15) is 5.03 Å². The van der Waals surface area contributed by atoms with Gasteiger partial charge >= 0.3 is 5.69 Å². The summed E-state index contributed by atoms with van der Waals surface area (Å²) in [6.45, 7) is 5.35. The number of nitrogens with zero attached hydrogens (tertiary/aromatic N) is 2. The summed E-state index contributed by atoms with van der Waals surface area (Å²) in [5.74, 6) is 0.155. The van der Waals surface area contributed by atoms with Crippen LogP contribution in [0.25, 0.3) is 0 Å². The molecule has 1 fully saturated rings. The third-order valence-electron chi connectivity index (χ3n) is 5.62. The van der Waals surface area contributed by atoms with Crippen molar-refractivity contribution in [3.8, 4) is 0 Å². The number of hydrogen-bond acceptors (Lipinski definition) is 5. The van der Waals surface area contributed by atoms with Crippen LogP contribution >= 0.6 is 11.8 Å². The van der Waals surface area contributed by atoms with Crippen molar-refractivity contribution in [2.75, 3.05) is 17.7 Å². The molecule has 1 atom stereocenters. The number of amides is 1. The van der Waals surface area contributed by atoms with Gasteiger partial charge < -0.3 is 10.1 Å². The number of anilines is 1. The Morgan fingerprint density at radius 2 is 2.17 bits per heavy atom. The first-order valence-corrected chi connectivity index (χ1v) is 11.2. The summed E-state index contributed by atoms with van der Waals surface area (Å²) in [6, 6.07) is 6.00. The zero-order valence-corrected chi connectivity index (χ0v) is 17.8. The number of thioether (sulfide) groups is 1. The first-order valence-electron chi connectivity index (χ1n) is 10.3. The SMILES string of the molecule is Cc1ccc(C)c(NC(=O)CSc2nc(=O)n(CC3CCCO3)c3c2CCC3)c1. The number of nitrogens with one attached hydrogen (secondary N) is 1. The lowest BCUT2D eigenvalue weighted by Gasteiger charge is -2.17. The lowest BCUT2D eigenvalue weighted by atomic mass is 10.1. The van der Waals surface area contributed by atoms with Gasteiger partial charge in [-0.3, -0.25) is 9.36 Å². The van der Waals surface area contributed by atoms with Crippen LogP contribution < -0.4 is 11.0 Å². The summed E-state index contributed by atoms with van der Waals surface area (Å²) in [4.78, 5) is 29.5. The van der Waals surface area contributed by atoms with E-state index < -0.39 is 0 Å². The van der Waals surface area contributed by atoms with E-state index in [0.717, 1.165) is 66.8 Å². The van der Waals surface area contributed by atoms with E-state index in [2.05, 4.69) is 10.3 Å². The standard InChI is InChI=1S/C22H27N3O3S/c1-14-8-9-15(2)18(11-14)23-20(26)13-29-21-17-6-3-7-19(17)25(22(27)24-21)12-16-5-4-10-28-16/h8-9,11,16H,3-7,10,12-13H2,1-2H3,(H,23,26). The Morgan fingerprint density at radius 1 is 1.31 bits per heavy atom. The average Bonchev–Trinajstić information content (AvgIpc) is 3.37. The smallest absolute Gasteiger partial charge is 0.348 e. The molecule has 0 bridgehead atoms. The van der Waals surface area contributed by atoms with Crippen LogP contribution in [0, 0.1) is 13.8 Å². The second-order valence-electron chi connectivity index (χ2n) is 7.88. The molecule has 0 spiro atoms. The van der Waals surface area contributed by atoms with Crippen LogP contribution in [0.4, 0.5) is 5.69 Å². The molecular formula is C22H27N3O3S. The highest BCUT2D eigenvalue weighted by atomic mass is 32.2. The van der Waals surface area contributed by atoms with Crippen LogP contribution in [-0.2, 0) is 28.9 Å². The number of carbonyl (C=O) groups excluding carboxylic acids is 1. The topological polar surface area (TPSA) is 73.2 Å². The maximum atomic E-state index is 12.7. The van der Waals surface area contributed by atoms with Gasteiger partial charge in [-0.15, -0.1) is 0 Å². The predicted molar refractivity (Wildman–Crippen MR) is 115 cm³/mol. The Morgan fingerprint density at radius 3 is 2.97 bits per heavy atom. The van der Waals surface area contributed by atoms with Gasteiger partial charge in [0, 0.05) is 23.6 Å². The Labute approximate surface area is 175 Å². The van der Waals surface area contributed by atoms with E-state index in [1.54, 1.807) is 4.57 Å². The Kier molecular flexibility index (Phi) is 6.06. The quantitative estimate of drug-likeness (QED) is 0.581. The summed E-state index contributed by atoms with van der Waals surface area (Å²) < 4.78 is 7.51. The first kappa shape index (κ1) is 20.2. The molecule has 4 rings (SSSR count). The van der Waals surface area contributed by atoms with Gasteiger partial charge in [0.25, 0.3) is 0 Å². The van der Waals surface area contributed by atoms with Crippen molar-refractivity contribution in [1.29, 1.82) is 0 Å². The van der Waals surface area contributed by atoms with Crippen LogP contribution in [0.2, 0.25) is 0 Å². The van der Waals surface area contributed by atoms with Gasteiger partial charge in [0.2, 0.25) is 5.91 Å². The first-order chi connectivity index (χ1) is 14.0. The molecule has 0 saturated carbocycles. The second kappa shape index (κ2) is 8.71. The van der Waals surface area contributed by atoms with E-state index in [1.807, 2.05) is 32.0 Å². The molecule has 154 valence electrons. The Balaban J connectivity index is 1.47. The summed E-state index contributed by atoms with van der Waals surface area (Å²) >= 11 is 1.36. The number of benzene rings is 1. The molecular weight excluding hydrogens is 386 g/mol. The zero-order valence-electron chi connectivity index (χ0n) is 17.0. The molecule has 6 nitrogen and oxygen atoms in total. The number of aryl methyl sites for hydroxylation is 2. The summed E-state index contributed by atoms with van der Waals surface area (Å²) in [5.41, 5.74) is 4.96. The number of fused-ring (bicyclic) bond motifs is 1. The summed E-state index contributed by atoms with van der Waals surface area (Å²) in [6.07, 6.45) is 4.99. The Hall–Kier alpha value is -2.12. The monoisotopic (exact) mass is 413 g/mol. The fourth-order valence-corrected chi connectivity index (χ4v) is 4.95. The van der Waals surface area contributed by atoms with Gasteiger partial charge in [-0.25, -0.2) is 4.79 Å². The molecule has 1 aromatic heterocycles. The second-order valence-corrected chi connectivity index (χ2v) is 8.84. The number of rotatable bonds is 6. The molecule has 1 N–H and O–H groups in total. The van der Waals surface area contributed by atoms with E-state index in [0.29, 0.717) is 11.6 Å². The lowest BCUT2D eigenvalue weighted by molar-refractivity contribution is -0.113. The fraction of sp³-hybridized carbons (Fsp3) is 0.500. The fourth-order valence-electron chi connectivity index (χ4n) is 4.08. The van der Waals surface area contributed by atoms with E-state index in [1.165, 1.54) is 11.8 Å². The number of ether oxygens (including phenoxy) is 1. The van der Waals surface area contributed by atoms with E-state index in [4.69, 9.17) is 4.74 Å². The normalized spacial score (nSPS) is 18.1. The molecule has 2 heterocycles. The third-order valence-corrected chi connectivity index (χ3v) is 6.64. The molecule has 0 radical (unpaired) electrons. The average molecular weight is 414 g/mol. The maximum absolute atomic E-state index is 12.7. The van der Waals surface area contributed by atoms with Crippen molar-refractivity contribution < 1.29 is 9.53 Å². The minimum Gasteiger partial charge on any atom is -0.376 e. The lowest BCUT2D eigenvalue weighted by Crippen LogP contribution is -2.31. The maximum Gasteiger partial charge on any atom is 0.348 e. The van der Waals surface area contributed by atoms with Crippen LogP contribution in [0.15, 0.2) is 28.0 Å². The van der Waals surface area contributed by atoms with Gasteiger partial charge in [-0.05, 0) is 63.1 Å². The van der Waals surface area contributed by atoms with E-state index >= 15 is 0 Å². The van der Waals surface area contributed by atoms with Crippen molar-refractivity contribution in [2.45, 2.75) is 63.6 Å². The number of carbonyl (C=O) groups is 1. The minimum atomic E-state index is -0.224. The molecule has 29 heavy (non-hydrogen) atoms. The molecule has 1 saturated heterocycles. The van der Waals surface area contributed by atoms with Crippen molar-refractivity contribution in [3.05, 3.63) is 51.1 Å². The van der Waals surface area contributed by atoms with Gasteiger partial charge in [0.15, 0.2) is 0 Å². The molecule has 2 aliphatic rings. The number of hydrogen-bond donors (Lipinski definition) is 1. The van der Waals surface area contributed by atoms with Crippen molar-refractivity contribution in [2.24, 2.45) is 0 Å². The number of aromatic nitrogens is 2. The van der Waals surface area contributed by atoms with Crippen molar-refractivity contribution >= 4 is 23.4 Å². The predicted octanol–water partition coefficient (Wildman–Crippen LogP) is 3.26. The minimum absolute atomic E-state index is 0.0826. The zero-order chi connectivity index (χ0) is 20.4. The third kappa shape index (κ3) is 4.56. The van der Waals surface area contributed by atoms with Gasteiger partial charge in [-0.1, -0.05) is 23.9 Å². The molecule has 1 aliphatic carbocycles. The highest BCUT2D eigenvalue weighted by Gasteiger charge is 2.25. The largest absolute Gasteiger partial charge is 0.376 e. The molecule has 7 heteroatoms. The highest BCUT2D eigenvalue weighted by molar-refractivity contribution is 8.00. The molecule has 1 unspecified atom stereocenters. The molecule has 1 aliphatic heterocycles. The van der Waals surface area contributed by atoms with Crippen molar-refractivity contribution in [3.63, 3.8) is 0 Å². The summed E-state index contributed by atoms with van der Waals surface area (Å²) in [7, 11) is 0. The molecule has 1 amide bonds. The van der Waals surface area contributed by atoms with Crippen LogP contribution in [0.5, 0.6) is 0 Å².